The van der Waals surface area contributed by atoms with E-state index in [1.807, 2.05) is 0 Å². The van der Waals surface area contributed by atoms with Crippen molar-refractivity contribution in [3.63, 3.8) is 0 Å². The van der Waals surface area contributed by atoms with Gasteiger partial charge in [-0.25, -0.2) is 0 Å². The molecule has 0 radical (unpaired) electrons. The third kappa shape index (κ3) is 1.66. The summed E-state index contributed by atoms with van der Waals surface area (Å²) in [4.78, 5) is 0. The number of hydrogen-bond acceptors (Lipinski definition) is 4. The number of hydrogen-bond donors (Lipinski definition) is 2. The molecule has 0 spiro atoms. The maximum Gasteiger partial charge on any atom is 0.586 e. The van der Waals surface area contributed by atoms with Crippen LogP contribution in [0.25, 0.3) is 0 Å². The summed E-state index contributed by atoms with van der Waals surface area (Å²) in [5.74, 6) is 4.98. The minimum absolute atomic E-state index is 0. The molecule has 1 aliphatic heterocycles. The Kier molecular flexibility index (Phi) is 2.68. The number of nitrogens with one attached hydrogen (secondary N) is 1. The van der Waals surface area contributed by atoms with Gasteiger partial charge in [-0.1, -0.05) is 6.07 Å². The van der Waals surface area contributed by atoms with Crippen molar-refractivity contribution in [2.75, 3.05) is 5.43 Å². The number of ether oxygens (including phenoxy) is 2. The van der Waals surface area contributed by atoms with Gasteiger partial charge in [0, 0.05) is 0 Å². The summed E-state index contributed by atoms with van der Waals surface area (Å²) in [7, 11) is 0. The van der Waals surface area contributed by atoms with Gasteiger partial charge in [0.1, 0.15) is 0 Å². The number of halogens is 3. The van der Waals surface area contributed by atoms with E-state index in [1.54, 1.807) is 0 Å². The molecular formula is C7H7ClF2N2O2. The van der Waals surface area contributed by atoms with Crippen LogP contribution in [0.2, 0.25) is 0 Å². The van der Waals surface area contributed by atoms with Crippen LogP contribution in [0.5, 0.6) is 11.5 Å². The van der Waals surface area contributed by atoms with Crippen molar-refractivity contribution in [3.8, 4) is 11.5 Å². The molecule has 0 saturated carbocycles. The largest absolute Gasteiger partial charge is 0.586 e. The molecule has 0 aliphatic carbocycles. The van der Waals surface area contributed by atoms with Crippen LogP contribution >= 0.6 is 12.4 Å². The highest BCUT2D eigenvalue weighted by molar-refractivity contribution is 5.85. The van der Waals surface area contributed by atoms with Crippen molar-refractivity contribution in [2.24, 2.45) is 5.84 Å². The first-order valence-corrected chi connectivity index (χ1v) is 3.48. The van der Waals surface area contributed by atoms with E-state index in [-0.39, 0.29) is 29.6 Å². The van der Waals surface area contributed by atoms with Gasteiger partial charge >= 0.3 is 6.29 Å². The molecule has 0 fully saturated rings. The quantitative estimate of drug-likeness (QED) is 0.563. The summed E-state index contributed by atoms with van der Waals surface area (Å²) in [6, 6.07) is 4.40. The molecule has 2 rings (SSSR count). The van der Waals surface area contributed by atoms with Gasteiger partial charge in [-0.05, 0) is 12.1 Å². The van der Waals surface area contributed by atoms with Gasteiger partial charge in [0.15, 0.2) is 11.5 Å². The minimum atomic E-state index is -3.60. The summed E-state index contributed by atoms with van der Waals surface area (Å²) in [6.45, 7) is 0. The van der Waals surface area contributed by atoms with Crippen LogP contribution in [0.4, 0.5) is 14.5 Å². The van der Waals surface area contributed by atoms with Gasteiger partial charge in [-0.2, -0.15) is 0 Å². The Morgan fingerprint density at radius 2 is 2.00 bits per heavy atom. The lowest BCUT2D eigenvalue weighted by molar-refractivity contribution is -0.286. The van der Waals surface area contributed by atoms with E-state index in [9.17, 15) is 8.78 Å². The zero-order valence-corrected chi connectivity index (χ0v) is 7.61. The molecule has 1 aliphatic rings. The molecule has 0 saturated heterocycles. The molecule has 1 aromatic rings. The number of benzene rings is 1. The van der Waals surface area contributed by atoms with Crippen LogP contribution in [0.3, 0.4) is 0 Å². The minimum Gasteiger partial charge on any atom is -0.395 e. The van der Waals surface area contributed by atoms with Crippen LogP contribution in [-0.2, 0) is 0 Å². The first kappa shape index (κ1) is 10.8. The molecule has 14 heavy (non-hydrogen) atoms. The van der Waals surface area contributed by atoms with E-state index >= 15 is 0 Å². The predicted molar refractivity (Wildman–Crippen MR) is 47.7 cm³/mol. The predicted octanol–water partition coefficient (Wildman–Crippen LogP) is 1.72. The molecule has 3 N–H and O–H groups in total. The zero-order valence-electron chi connectivity index (χ0n) is 6.79. The third-order valence-corrected chi connectivity index (χ3v) is 1.58. The molecule has 0 amide bonds. The van der Waals surface area contributed by atoms with Crippen LogP contribution < -0.4 is 20.7 Å². The highest BCUT2D eigenvalue weighted by Crippen LogP contribution is 2.45. The second-order valence-corrected chi connectivity index (χ2v) is 2.44. The number of nitrogens with two attached hydrogens (primary N) is 1. The van der Waals surface area contributed by atoms with Crippen LogP contribution in [0.15, 0.2) is 18.2 Å². The van der Waals surface area contributed by atoms with Crippen molar-refractivity contribution >= 4 is 18.1 Å². The first-order chi connectivity index (χ1) is 6.12. The molecule has 1 aromatic carbocycles. The molecule has 7 heteroatoms. The molecular weight excluding hydrogens is 218 g/mol. The third-order valence-electron chi connectivity index (χ3n) is 1.58. The van der Waals surface area contributed by atoms with Gasteiger partial charge in [0.25, 0.3) is 0 Å². The van der Waals surface area contributed by atoms with Gasteiger partial charge in [-0.3, -0.25) is 5.84 Å². The van der Waals surface area contributed by atoms with Crippen molar-refractivity contribution in [2.45, 2.75) is 6.29 Å². The molecule has 1 heterocycles. The van der Waals surface area contributed by atoms with Crippen molar-refractivity contribution in [1.82, 2.24) is 0 Å². The molecule has 78 valence electrons. The molecule has 0 aromatic heterocycles. The van der Waals surface area contributed by atoms with Crippen molar-refractivity contribution in [3.05, 3.63) is 18.2 Å². The standard InChI is InChI=1S/C7H6F2N2O2.ClH/c8-7(9)12-5-3-1-2-4(11-10)6(5)13-7;/h1-3,11H,10H2;1H. The zero-order chi connectivity index (χ0) is 9.47. The van der Waals surface area contributed by atoms with Crippen LogP contribution in [-0.4, -0.2) is 6.29 Å². The second-order valence-electron chi connectivity index (χ2n) is 2.44. The highest BCUT2D eigenvalue weighted by Gasteiger charge is 2.44. The Balaban J connectivity index is 0.000000980. The summed E-state index contributed by atoms with van der Waals surface area (Å²) in [6.07, 6.45) is -3.60. The maximum absolute atomic E-state index is 12.5. The van der Waals surface area contributed by atoms with E-state index in [0.717, 1.165) is 0 Å². The van der Waals surface area contributed by atoms with Gasteiger partial charge in [0.05, 0.1) is 5.69 Å². The fraction of sp³-hybridized carbons (Fsp3) is 0.143. The van der Waals surface area contributed by atoms with Gasteiger partial charge in [0.2, 0.25) is 0 Å². The second kappa shape index (κ2) is 3.47. The molecule has 4 nitrogen and oxygen atoms in total. The summed E-state index contributed by atoms with van der Waals surface area (Å²) in [5, 5.41) is 0. The SMILES string of the molecule is Cl.NNc1cccc2c1OC(F)(F)O2. The maximum atomic E-state index is 12.5. The van der Waals surface area contributed by atoms with E-state index in [0.29, 0.717) is 0 Å². The van der Waals surface area contributed by atoms with Crippen LogP contribution in [0.1, 0.15) is 0 Å². The highest BCUT2D eigenvalue weighted by atomic mass is 35.5. The lowest BCUT2D eigenvalue weighted by atomic mass is 10.3. The Bertz CT molecular complexity index is 348. The van der Waals surface area contributed by atoms with Crippen molar-refractivity contribution < 1.29 is 18.3 Å². The Hall–Kier alpha value is -1.27. The van der Waals surface area contributed by atoms with E-state index in [1.165, 1.54) is 18.2 Å². The average Bonchev–Trinajstić information content (AvgIpc) is 2.37. The number of anilines is 1. The molecule has 0 unspecified atom stereocenters. The van der Waals surface area contributed by atoms with Gasteiger partial charge < -0.3 is 14.9 Å². The summed E-state index contributed by atoms with van der Waals surface area (Å²) in [5.41, 5.74) is 2.49. The topological polar surface area (TPSA) is 56.5 Å². The lowest BCUT2D eigenvalue weighted by Crippen LogP contribution is -2.26. The van der Waals surface area contributed by atoms with E-state index in [4.69, 9.17) is 5.84 Å². The van der Waals surface area contributed by atoms with Crippen LogP contribution in [0, 0.1) is 0 Å². The monoisotopic (exact) mass is 224 g/mol. The number of rotatable bonds is 1. The molecule has 0 atom stereocenters. The van der Waals surface area contributed by atoms with Crippen molar-refractivity contribution in [1.29, 1.82) is 0 Å². The normalized spacial score (nSPS) is 15.9. The average molecular weight is 225 g/mol. The number of nitrogen functional groups attached to an aromatic ring is 1. The van der Waals surface area contributed by atoms with E-state index in [2.05, 4.69) is 14.9 Å². The first-order valence-electron chi connectivity index (χ1n) is 3.48. The Labute approximate surface area is 84.4 Å². The lowest BCUT2D eigenvalue weighted by Gasteiger charge is -2.05. The Morgan fingerprint density at radius 1 is 1.29 bits per heavy atom. The summed E-state index contributed by atoms with van der Waals surface area (Å²) >= 11 is 0. The number of hydrazine groups is 1. The fourth-order valence-corrected chi connectivity index (χ4v) is 1.08. The Morgan fingerprint density at radius 3 is 2.64 bits per heavy atom. The summed E-state index contributed by atoms with van der Waals surface area (Å²) < 4.78 is 33.5. The van der Waals surface area contributed by atoms with E-state index < -0.39 is 6.29 Å². The fourth-order valence-electron chi connectivity index (χ4n) is 1.08. The number of para-hydroxylation sites is 1. The number of fused-ring (bicyclic) bond motifs is 1. The van der Waals surface area contributed by atoms with Gasteiger partial charge in [-0.15, -0.1) is 21.2 Å². The number of alkyl halides is 2. The smallest absolute Gasteiger partial charge is 0.395 e. The molecule has 0 bridgehead atoms.